The first-order valence-electron chi connectivity index (χ1n) is 13.1. The summed E-state index contributed by atoms with van der Waals surface area (Å²) >= 11 is 0. The molecule has 0 amide bonds. The zero-order valence-corrected chi connectivity index (χ0v) is 26.8. The van der Waals surface area contributed by atoms with Gasteiger partial charge in [-0.1, -0.05) is 41.5 Å². The minimum atomic E-state index is -2.20. The van der Waals surface area contributed by atoms with Crippen LogP contribution in [-0.2, 0) is 27.8 Å². The third kappa shape index (κ3) is 7.16. The Balaban J connectivity index is 2.23. The van der Waals surface area contributed by atoms with E-state index in [9.17, 15) is 4.39 Å². The van der Waals surface area contributed by atoms with Gasteiger partial charge in [-0.15, -0.1) is 0 Å². The Hall–Kier alpha value is 0.124. The van der Waals surface area contributed by atoms with E-state index in [1.54, 1.807) is 7.11 Å². The molecule has 2 aliphatic rings. The Bertz CT molecular complexity index is 707. The molecule has 0 N–H and O–H groups in total. The largest absolute Gasteiger partial charge is 0.409 e. The lowest BCUT2D eigenvalue weighted by molar-refractivity contribution is -0.314. The molecule has 2 heterocycles. The van der Waals surface area contributed by atoms with Crippen LogP contribution in [0.5, 0.6) is 0 Å². The Morgan fingerprint density at radius 1 is 0.886 bits per heavy atom. The molecule has 2 fully saturated rings. The number of hydrogen-bond donors (Lipinski definition) is 0. The van der Waals surface area contributed by atoms with Gasteiger partial charge in [0.1, 0.15) is 6.10 Å². The molecule has 35 heavy (non-hydrogen) atoms. The van der Waals surface area contributed by atoms with Crippen LogP contribution in [0.15, 0.2) is 0 Å². The highest BCUT2D eigenvalue weighted by Crippen LogP contribution is 2.45. The molecule has 0 aromatic rings. The number of methoxy groups -OCH3 is 1. The second kappa shape index (κ2) is 10.7. The minimum absolute atomic E-state index is 0.0147. The highest BCUT2D eigenvalue weighted by atomic mass is 28.4. The summed E-state index contributed by atoms with van der Waals surface area (Å²) in [6.45, 7) is 27.9. The molecule has 8 atom stereocenters. The van der Waals surface area contributed by atoms with Gasteiger partial charge in [0, 0.05) is 20.0 Å². The molecule has 0 bridgehead atoms. The zero-order valence-electron chi connectivity index (χ0n) is 24.8. The van der Waals surface area contributed by atoms with E-state index in [2.05, 4.69) is 67.7 Å². The number of halogens is 1. The summed E-state index contributed by atoms with van der Waals surface area (Å²) in [5.74, 6) is 0. The standard InChI is InChI=1S/C26H53FO6Si2/c1-17-22(32-34(11,12)24(3,4)5)19(28-10)15-21(30-17)31-23-18(2)29-20(27)16-26(23,9)33-35(13,14)25(6,7)8/h17-23H,15-16H2,1-14H3/t17-,18+,19-,20-,21+,22-,23-,26-/m1/s1. The third-order valence-corrected chi connectivity index (χ3v) is 17.8. The SMILES string of the molecule is CO[C@@H]1C[C@H](O[C@@H]2[C@H](C)O[C@@H](F)C[C@@]2(C)O[Si](C)(C)C(C)(C)C)O[C@H](C)[C@H]1O[Si](C)(C)C(C)(C)C. The number of ether oxygens (including phenoxy) is 4. The molecule has 2 saturated heterocycles. The van der Waals surface area contributed by atoms with Gasteiger partial charge in [0.25, 0.3) is 0 Å². The maximum atomic E-state index is 14.6. The van der Waals surface area contributed by atoms with E-state index in [1.807, 2.05) is 20.8 Å². The topological polar surface area (TPSA) is 55.4 Å². The summed E-state index contributed by atoms with van der Waals surface area (Å²) < 4.78 is 52.6. The van der Waals surface area contributed by atoms with Crippen LogP contribution in [0.2, 0.25) is 36.3 Å². The molecule has 0 aromatic carbocycles. The van der Waals surface area contributed by atoms with E-state index in [0.29, 0.717) is 6.42 Å². The van der Waals surface area contributed by atoms with Crippen LogP contribution >= 0.6 is 0 Å². The lowest BCUT2D eigenvalue weighted by Crippen LogP contribution is -2.63. The van der Waals surface area contributed by atoms with Crippen molar-refractivity contribution in [1.82, 2.24) is 0 Å². The Morgan fingerprint density at radius 3 is 1.91 bits per heavy atom. The molecule has 0 radical (unpaired) electrons. The van der Waals surface area contributed by atoms with Crippen LogP contribution in [0.3, 0.4) is 0 Å². The van der Waals surface area contributed by atoms with Gasteiger partial charge in [-0.3, -0.25) is 0 Å². The van der Waals surface area contributed by atoms with Crippen LogP contribution in [0.4, 0.5) is 4.39 Å². The molecule has 208 valence electrons. The molecule has 0 aliphatic carbocycles. The molecule has 0 saturated carbocycles. The fraction of sp³-hybridized carbons (Fsp3) is 1.00. The fourth-order valence-corrected chi connectivity index (χ4v) is 7.59. The molecule has 9 heteroatoms. The van der Waals surface area contributed by atoms with Gasteiger partial charge in [0.15, 0.2) is 22.9 Å². The predicted molar refractivity (Wildman–Crippen MR) is 143 cm³/mol. The first-order chi connectivity index (χ1) is 15.6. The molecule has 0 spiro atoms. The Kier molecular flexibility index (Phi) is 9.59. The van der Waals surface area contributed by atoms with Gasteiger partial charge in [0.05, 0.1) is 30.0 Å². The average Bonchev–Trinajstić information content (AvgIpc) is 2.64. The van der Waals surface area contributed by atoms with Crippen molar-refractivity contribution < 1.29 is 32.2 Å². The van der Waals surface area contributed by atoms with Crippen molar-refractivity contribution in [2.45, 2.75) is 160 Å². The highest BCUT2D eigenvalue weighted by molar-refractivity contribution is 6.74. The molecule has 2 aliphatic heterocycles. The number of hydrogen-bond acceptors (Lipinski definition) is 6. The summed E-state index contributed by atoms with van der Waals surface area (Å²) in [6.07, 6.45) is -2.77. The summed E-state index contributed by atoms with van der Waals surface area (Å²) in [4.78, 5) is 0. The van der Waals surface area contributed by atoms with Crippen molar-refractivity contribution in [3.63, 3.8) is 0 Å². The minimum Gasteiger partial charge on any atom is -0.409 e. The van der Waals surface area contributed by atoms with Crippen LogP contribution < -0.4 is 0 Å². The fourth-order valence-electron chi connectivity index (χ4n) is 4.54. The van der Waals surface area contributed by atoms with Crippen LogP contribution in [-0.4, -0.2) is 72.5 Å². The molecule has 0 unspecified atom stereocenters. The monoisotopic (exact) mass is 536 g/mol. The van der Waals surface area contributed by atoms with Gasteiger partial charge in [-0.05, 0) is 57.0 Å². The molecular weight excluding hydrogens is 483 g/mol. The maximum Gasteiger partial charge on any atom is 0.201 e. The summed E-state index contributed by atoms with van der Waals surface area (Å²) in [5, 5.41) is 0.0677. The predicted octanol–water partition coefficient (Wildman–Crippen LogP) is 6.80. The van der Waals surface area contributed by atoms with Crippen molar-refractivity contribution in [1.29, 1.82) is 0 Å². The molecule has 6 nitrogen and oxygen atoms in total. The van der Waals surface area contributed by atoms with E-state index < -0.39 is 47.1 Å². The zero-order chi connectivity index (χ0) is 27.2. The quantitative estimate of drug-likeness (QED) is 0.334. The van der Waals surface area contributed by atoms with Crippen LogP contribution in [0.25, 0.3) is 0 Å². The van der Waals surface area contributed by atoms with Crippen molar-refractivity contribution >= 4 is 16.6 Å². The normalized spacial score (nSPS) is 38.0. The molecular formula is C26H53FO6Si2. The first-order valence-corrected chi connectivity index (χ1v) is 19.0. The summed E-state index contributed by atoms with van der Waals surface area (Å²) in [6, 6.07) is 0. The van der Waals surface area contributed by atoms with Crippen molar-refractivity contribution in [3.05, 3.63) is 0 Å². The van der Waals surface area contributed by atoms with E-state index in [4.69, 9.17) is 27.8 Å². The Labute approximate surface area is 216 Å². The summed E-state index contributed by atoms with van der Waals surface area (Å²) in [7, 11) is -2.51. The molecule has 0 aromatic heterocycles. The second-order valence-electron chi connectivity index (χ2n) is 13.8. The number of rotatable bonds is 7. The van der Waals surface area contributed by atoms with E-state index in [1.165, 1.54) is 0 Å². The molecule has 2 rings (SSSR count). The van der Waals surface area contributed by atoms with E-state index in [-0.39, 0.29) is 34.8 Å². The first kappa shape index (κ1) is 31.3. The van der Waals surface area contributed by atoms with Crippen molar-refractivity contribution in [3.8, 4) is 0 Å². The van der Waals surface area contributed by atoms with Crippen molar-refractivity contribution in [2.24, 2.45) is 0 Å². The van der Waals surface area contributed by atoms with Gasteiger partial charge >= 0.3 is 0 Å². The maximum absolute atomic E-state index is 14.6. The summed E-state index contributed by atoms with van der Waals surface area (Å²) in [5.41, 5.74) is -0.830. The lowest BCUT2D eigenvalue weighted by Gasteiger charge is -2.52. The average molecular weight is 537 g/mol. The lowest BCUT2D eigenvalue weighted by atomic mass is 9.89. The highest BCUT2D eigenvalue weighted by Gasteiger charge is 2.54. The van der Waals surface area contributed by atoms with E-state index >= 15 is 0 Å². The van der Waals surface area contributed by atoms with Crippen LogP contribution in [0, 0.1) is 0 Å². The number of alkyl halides is 1. The third-order valence-electron chi connectivity index (χ3n) is 8.71. The van der Waals surface area contributed by atoms with E-state index in [0.717, 1.165) is 0 Å². The van der Waals surface area contributed by atoms with Gasteiger partial charge in [0.2, 0.25) is 6.36 Å². The Morgan fingerprint density at radius 2 is 1.43 bits per heavy atom. The second-order valence-corrected chi connectivity index (χ2v) is 23.3. The smallest absolute Gasteiger partial charge is 0.201 e. The van der Waals surface area contributed by atoms with Gasteiger partial charge in [-0.2, -0.15) is 0 Å². The van der Waals surface area contributed by atoms with Crippen LogP contribution in [0.1, 0.15) is 75.2 Å². The van der Waals surface area contributed by atoms with Gasteiger partial charge in [-0.25, -0.2) is 4.39 Å². The van der Waals surface area contributed by atoms with Gasteiger partial charge < -0.3 is 27.8 Å². The van der Waals surface area contributed by atoms with Crippen molar-refractivity contribution in [2.75, 3.05) is 7.11 Å².